The number of benzene rings is 1. The van der Waals surface area contributed by atoms with Crippen molar-refractivity contribution in [1.29, 1.82) is 0 Å². The van der Waals surface area contributed by atoms with Crippen LogP contribution in [0.4, 0.5) is 5.69 Å². The molecule has 1 heterocycles. The molecule has 1 aromatic carbocycles. The average molecular weight is 434 g/mol. The summed E-state index contributed by atoms with van der Waals surface area (Å²) in [6, 6.07) is 4.37. The van der Waals surface area contributed by atoms with Crippen LogP contribution in [0.15, 0.2) is 27.6 Å². The summed E-state index contributed by atoms with van der Waals surface area (Å²) in [5, 5.41) is 6.69. The molecule has 0 fully saturated rings. The summed E-state index contributed by atoms with van der Waals surface area (Å²) in [6.45, 7) is 5.89. The van der Waals surface area contributed by atoms with E-state index in [2.05, 4.69) is 10.5 Å². The molecular formula is C17H21Cl2N3O4S. The van der Waals surface area contributed by atoms with Crippen LogP contribution < -0.4 is 5.32 Å². The molecule has 7 nitrogen and oxygen atoms in total. The third-order valence-corrected chi connectivity index (χ3v) is 6.91. The topological polar surface area (TPSA) is 92.5 Å². The molecule has 0 bridgehead atoms. The van der Waals surface area contributed by atoms with Crippen LogP contribution >= 0.6 is 23.2 Å². The highest BCUT2D eigenvalue weighted by atomic mass is 35.5. The Hall–Kier alpha value is -1.61. The van der Waals surface area contributed by atoms with E-state index in [1.54, 1.807) is 26.8 Å². The first-order valence-electron chi connectivity index (χ1n) is 8.40. The number of rotatable bonds is 8. The molecule has 0 saturated carbocycles. The third kappa shape index (κ3) is 5.01. The van der Waals surface area contributed by atoms with Gasteiger partial charge in [-0.1, -0.05) is 30.6 Å². The number of aryl methyl sites for hydroxylation is 1. The number of aromatic nitrogens is 1. The first-order chi connectivity index (χ1) is 12.7. The normalized spacial score (nSPS) is 11.8. The van der Waals surface area contributed by atoms with E-state index in [9.17, 15) is 13.2 Å². The third-order valence-electron chi connectivity index (χ3n) is 4.08. The minimum Gasteiger partial charge on any atom is -0.344 e. The van der Waals surface area contributed by atoms with Crippen molar-refractivity contribution in [3.05, 3.63) is 39.7 Å². The van der Waals surface area contributed by atoms with Crippen molar-refractivity contribution in [2.45, 2.75) is 38.5 Å². The van der Waals surface area contributed by atoms with Crippen LogP contribution in [0.5, 0.6) is 0 Å². The quantitative estimate of drug-likeness (QED) is 0.681. The van der Waals surface area contributed by atoms with Gasteiger partial charge in [-0.3, -0.25) is 4.79 Å². The van der Waals surface area contributed by atoms with Gasteiger partial charge >= 0.3 is 0 Å². The molecule has 2 rings (SSSR count). The van der Waals surface area contributed by atoms with Crippen molar-refractivity contribution in [2.75, 3.05) is 18.4 Å². The molecule has 0 atom stereocenters. The predicted molar refractivity (Wildman–Crippen MR) is 105 cm³/mol. The predicted octanol–water partition coefficient (Wildman–Crippen LogP) is 3.89. The SMILES string of the molecule is CCN(CC)S(=O)(=O)c1cc(NC(=O)CCc2c(C)noc2Cl)ccc1Cl. The monoisotopic (exact) mass is 433 g/mol. The molecule has 2 aromatic rings. The van der Waals surface area contributed by atoms with E-state index in [1.165, 1.54) is 16.4 Å². The lowest BCUT2D eigenvalue weighted by molar-refractivity contribution is -0.116. The Balaban J connectivity index is 2.15. The molecule has 148 valence electrons. The van der Waals surface area contributed by atoms with Crippen LogP contribution in [0.1, 0.15) is 31.5 Å². The molecule has 0 spiro atoms. The summed E-state index contributed by atoms with van der Waals surface area (Å²) in [4.78, 5) is 12.2. The number of nitrogens with zero attached hydrogens (tertiary/aromatic N) is 2. The lowest BCUT2D eigenvalue weighted by Gasteiger charge is -2.19. The molecule has 0 aliphatic carbocycles. The minimum atomic E-state index is -3.74. The van der Waals surface area contributed by atoms with Crippen LogP contribution in [0.2, 0.25) is 10.2 Å². The van der Waals surface area contributed by atoms with Crippen molar-refractivity contribution in [1.82, 2.24) is 9.46 Å². The molecule has 1 aromatic heterocycles. The van der Waals surface area contributed by atoms with E-state index < -0.39 is 10.0 Å². The second kappa shape index (κ2) is 9.05. The molecule has 1 N–H and O–H groups in total. The van der Waals surface area contributed by atoms with Gasteiger partial charge in [0, 0.05) is 30.8 Å². The Morgan fingerprint density at radius 1 is 1.26 bits per heavy atom. The molecule has 0 unspecified atom stereocenters. The average Bonchev–Trinajstić information content (AvgIpc) is 2.93. The first-order valence-corrected chi connectivity index (χ1v) is 10.6. The van der Waals surface area contributed by atoms with Crippen LogP contribution in [0.25, 0.3) is 0 Å². The van der Waals surface area contributed by atoms with E-state index in [0.717, 1.165) is 0 Å². The smallest absolute Gasteiger partial charge is 0.244 e. The maximum Gasteiger partial charge on any atom is 0.244 e. The zero-order valence-corrected chi connectivity index (χ0v) is 17.6. The van der Waals surface area contributed by atoms with Crippen molar-refractivity contribution in [2.24, 2.45) is 0 Å². The van der Waals surface area contributed by atoms with E-state index in [4.69, 9.17) is 27.7 Å². The van der Waals surface area contributed by atoms with Crippen LogP contribution in [-0.2, 0) is 21.2 Å². The van der Waals surface area contributed by atoms with Gasteiger partial charge in [-0.25, -0.2) is 8.42 Å². The van der Waals surface area contributed by atoms with Gasteiger partial charge in [0.25, 0.3) is 0 Å². The van der Waals surface area contributed by atoms with Gasteiger partial charge in [-0.15, -0.1) is 0 Å². The zero-order valence-electron chi connectivity index (χ0n) is 15.3. The molecular weight excluding hydrogens is 413 g/mol. The number of hydrogen-bond donors (Lipinski definition) is 1. The summed E-state index contributed by atoms with van der Waals surface area (Å²) in [7, 11) is -3.74. The summed E-state index contributed by atoms with van der Waals surface area (Å²) in [6.07, 6.45) is 0.501. The Morgan fingerprint density at radius 3 is 2.48 bits per heavy atom. The number of nitrogens with one attached hydrogen (secondary N) is 1. The fraction of sp³-hybridized carbons (Fsp3) is 0.412. The van der Waals surface area contributed by atoms with E-state index in [0.29, 0.717) is 36.5 Å². The number of carbonyl (C=O) groups is 1. The van der Waals surface area contributed by atoms with Gasteiger partial charge in [0.05, 0.1) is 10.7 Å². The fourth-order valence-corrected chi connectivity index (χ4v) is 4.81. The molecule has 0 radical (unpaired) electrons. The van der Waals surface area contributed by atoms with Gasteiger partial charge in [-0.05, 0) is 43.1 Å². The van der Waals surface area contributed by atoms with Gasteiger partial charge < -0.3 is 9.84 Å². The van der Waals surface area contributed by atoms with E-state index >= 15 is 0 Å². The summed E-state index contributed by atoms with van der Waals surface area (Å²) in [5.74, 6) is -0.292. The number of amides is 1. The van der Waals surface area contributed by atoms with Gasteiger partial charge in [0.1, 0.15) is 4.90 Å². The zero-order chi connectivity index (χ0) is 20.2. The molecule has 0 saturated heterocycles. The maximum absolute atomic E-state index is 12.7. The van der Waals surface area contributed by atoms with Gasteiger partial charge in [-0.2, -0.15) is 4.31 Å². The highest BCUT2D eigenvalue weighted by Crippen LogP contribution is 2.28. The van der Waals surface area contributed by atoms with Crippen molar-refractivity contribution < 1.29 is 17.7 Å². The molecule has 0 aliphatic heterocycles. The maximum atomic E-state index is 12.7. The molecule has 1 amide bonds. The van der Waals surface area contributed by atoms with Gasteiger partial charge in [0.2, 0.25) is 21.1 Å². The lowest BCUT2D eigenvalue weighted by atomic mass is 10.1. The van der Waals surface area contributed by atoms with Crippen LogP contribution in [0.3, 0.4) is 0 Å². The van der Waals surface area contributed by atoms with Gasteiger partial charge in [0.15, 0.2) is 0 Å². The van der Waals surface area contributed by atoms with Crippen LogP contribution in [-0.4, -0.2) is 36.9 Å². The number of carbonyl (C=O) groups excluding carboxylic acids is 1. The summed E-state index contributed by atoms with van der Waals surface area (Å²) >= 11 is 12.0. The summed E-state index contributed by atoms with van der Waals surface area (Å²) < 4.78 is 31.6. The highest BCUT2D eigenvalue weighted by molar-refractivity contribution is 7.89. The largest absolute Gasteiger partial charge is 0.344 e. The van der Waals surface area contributed by atoms with Crippen molar-refractivity contribution >= 4 is 44.8 Å². The number of halogens is 2. The molecule has 0 aliphatic rings. The number of anilines is 1. The highest BCUT2D eigenvalue weighted by Gasteiger charge is 2.25. The molecule has 27 heavy (non-hydrogen) atoms. The Morgan fingerprint density at radius 2 is 1.93 bits per heavy atom. The van der Waals surface area contributed by atoms with Crippen molar-refractivity contribution in [3.8, 4) is 0 Å². The number of sulfonamides is 1. The lowest BCUT2D eigenvalue weighted by Crippen LogP contribution is -2.30. The fourth-order valence-electron chi connectivity index (χ4n) is 2.58. The van der Waals surface area contributed by atoms with Crippen LogP contribution in [0, 0.1) is 6.92 Å². The Bertz CT molecular complexity index is 905. The Labute approximate surface area is 168 Å². The summed E-state index contributed by atoms with van der Waals surface area (Å²) in [5.41, 5.74) is 1.66. The second-order valence-electron chi connectivity index (χ2n) is 5.80. The molecule has 10 heteroatoms. The van der Waals surface area contributed by atoms with E-state index in [-0.39, 0.29) is 27.5 Å². The minimum absolute atomic E-state index is 0.0383. The number of hydrogen-bond acceptors (Lipinski definition) is 5. The van der Waals surface area contributed by atoms with E-state index in [1.807, 2.05) is 0 Å². The Kier molecular flexibility index (Phi) is 7.27. The standard InChI is InChI=1S/C17H21Cl2N3O4S/c1-4-22(5-2)27(24,25)15-10-12(6-8-14(15)18)20-16(23)9-7-13-11(3)21-26-17(13)19/h6,8,10H,4-5,7,9H2,1-3H3,(H,20,23). The first kappa shape index (κ1) is 21.7. The van der Waals surface area contributed by atoms with Crippen molar-refractivity contribution in [3.63, 3.8) is 0 Å². The second-order valence-corrected chi connectivity index (χ2v) is 8.46.